The molecule has 1 heterocycles. The van der Waals surface area contributed by atoms with Gasteiger partial charge in [-0.25, -0.2) is 4.68 Å². The molecule has 2 aromatic carbocycles. The van der Waals surface area contributed by atoms with Crippen molar-refractivity contribution in [1.29, 1.82) is 0 Å². The van der Waals surface area contributed by atoms with Gasteiger partial charge in [-0.15, -0.1) is 0 Å². The largest absolute Gasteiger partial charge is 0.481 e. The number of halogens is 2. The van der Waals surface area contributed by atoms with E-state index in [2.05, 4.69) is 10.4 Å². The van der Waals surface area contributed by atoms with Gasteiger partial charge < -0.3 is 10.4 Å². The van der Waals surface area contributed by atoms with Crippen molar-refractivity contribution in [3.05, 3.63) is 64.3 Å². The van der Waals surface area contributed by atoms with Crippen LogP contribution in [0, 0.1) is 6.92 Å². The monoisotopic (exact) mass is 417 g/mol. The Bertz CT molecular complexity index is 1030. The van der Waals surface area contributed by atoms with Crippen molar-refractivity contribution in [2.75, 3.05) is 5.32 Å². The molecule has 0 saturated heterocycles. The van der Waals surface area contributed by atoms with Gasteiger partial charge in [0.1, 0.15) is 5.82 Å². The standard InChI is InChI=1S/C20H17Cl2N3O3/c1-12-19(13-5-3-2-4-6-13)20(23-17(26)9-10-18(27)28)25(24-12)14-7-8-15(21)16(22)11-14/h2-8,11H,9-10H2,1H3,(H,23,26)(H,27,28). The molecule has 0 aliphatic rings. The molecule has 28 heavy (non-hydrogen) atoms. The number of hydrogen-bond donors (Lipinski definition) is 2. The quantitative estimate of drug-likeness (QED) is 0.593. The molecule has 0 aliphatic heterocycles. The van der Waals surface area contributed by atoms with Crippen LogP contribution in [-0.4, -0.2) is 26.8 Å². The predicted molar refractivity (Wildman–Crippen MR) is 109 cm³/mol. The number of aryl methyl sites for hydroxylation is 1. The Labute approximate surface area is 171 Å². The Morgan fingerprint density at radius 3 is 2.43 bits per heavy atom. The molecule has 0 aliphatic carbocycles. The minimum atomic E-state index is -1.03. The molecule has 8 heteroatoms. The van der Waals surface area contributed by atoms with Gasteiger partial charge in [-0.05, 0) is 30.7 Å². The van der Waals surface area contributed by atoms with Crippen molar-refractivity contribution in [2.45, 2.75) is 19.8 Å². The third kappa shape index (κ3) is 4.35. The maximum Gasteiger partial charge on any atom is 0.303 e. The van der Waals surface area contributed by atoms with E-state index in [1.54, 1.807) is 22.9 Å². The van der Waals surface area contributed by atoms with Crippen LogP contribution in [0.25, 0.3) is 16.8 Å². The number of benzene rings is 2. The average molecular weight is 418 g/mol. The number of aromatic nitrogens is 2. The first-order chi connectivity index (χ1) is 13.4. The Hall–Kier alpha value is -2.83. The fourth-order valence-electron chi connectivity index (χ4n) is 2.81. The highest BCUT2D eigenvalue weighted by atomic mass is 35.5. The number of aliphatic carboxylic acids is 1. The van der Waals surface area contributed by atoms with Crippen LogP contribution in [0.3, 0.4) is 0 Å². The second-order valence-corrected chi connectivity index (χ2v) is 6.94. The van der Waals surface area contributed by atoms with E-state index in [0.29, 0.717) is 27.2 Å². The molecule has 6 nitrogen and oxygen atoms in total. The summed E-state index contributed by atoms with van der Waals surface area (Å²) in [5.74, 6) is -1.01. The highest BCUT2D eigenvalue weighted by Gasteiger charge is 2.20. The highest BCUT2D eigenvalue weighted by Crippen LogP contribution is 2.34. The van der Waals surface area contributed by atoms with Crippen molar-refractivity contribution in [3.8, 4) is 16.8 Å². The molecule has 0 fully saturated rings. The maximum absolute atomic E-state index is 12.4. The third-order valence-electron chi connectivity index (χ3n) is 4.09. The van der Waals surface area contributed by atoms with Crippen molar-refractivity contribution >= 4 is 40.9 Å². The van der Waals surface area contributed by atoms with E-state index >= 15 is 0 Å². The summed E-state index contributed by atoms with van der Waals surface area (Å²) in [6.07, 6.45) is -0.401. The summed E-state index contributed by atoms with van der Waals surface area (Å²) in [5.41, 5.74) is 2.94. The summed E-state index contributed by atoms with van der Waals surface area (Å²) in [7, 11) is 0. The van der Waals surface area contributed by atoms with Crippen molar-refractivity contribution < 1.29 is 14.7 Å². The number of carbonyl (C=O) groups excluding carboxylic acids is 1. The lowest BCUT2D eigenvalue weighted by Gasteiger charge is -2.12. The average Bonchev–Trinajstić information content (AvgIpc) is 2.99. The summed E-state index contributed by atoms with van der Waals surface area (Å²) in [5, 5.41) is 17.0. The Morgan fingerprint density at radius 1 is 1.07 bits per heavy atom. The number of nitrogens with one attached hydrogen (secondary N) is 1. The lowest BCUT2D eigenvalue weighted by atomic mass is 10.1. The number of carboxylic acids is 1. The van der Waals surface area contributed by atoms with Crippen molar-refractivity contribution in [1.82, 2.24) is 9.78 Å². The minimum Gasteiger partial charge on any atom is -0.481 e. The first-order valence-corrected chi connectivity index (χ1v) is 9.24. The Morgan fingerprint density at radius 2 is 1.79 bits per heavy atom. The summed E-state index contributed by atoms with van der Waals surface area (Å²) in [4.78, 5) is 23.1. The van der Waals surface area contributed by atoms with E-state index in [1.165, 1.54) is 0 Å². The van der Waals surface area contributed by atoms with Crippen LogP contribution < -0.4 is 5.32 Å². The fraction of sp³-hybridized carbons (Fsp3) is 0.150. The molecule has 0 bridgehead atoms. The summed E-state index contributed by atoms with van der Waals surface area (Å²) in [6, 6.07) is 14.5. The molecule has 0 spiro atoms. The van der Waals surface area contributed by atoms with E-state index in [0.717, 1.165) is 11.1 Å². The van der Waals surface area contributed by atoms with Crippen LogP contribution >= 0.6 is 23.2 Å². The van der Waals surface area contributed by atoms with E-state index in [4.69, 9.17) is 28.3 Å². The topological polar surface area (TPSA) is 84.2 Å². The number of anilines is 1. The van der Waals surface area contributed by atoms with E-state index in [1.807, 2.05) is 37.3 Å². The summed E-state index contributed by atoms with van der Waals surface area (Å²) >= 11 is 12.2. The number of amides is 1. The zero-order valence-electron chi connectivity index (χ0n) is 14.9. The predicted octanol–water partition coefficient (Wildman–Crippen LogP) is 4.96. The second kappa shape index (κ2) is 8.46. The van der Waals surface area contributed by atoms with Crippen LogP contribution in [0.5, 0.6) is 0 Å². The van der Waals surface area contributed by atoms with Crippen LogP contribution in [0.4, 0.5) is 5.82 Å². The smallest absolute Gasteiger partial charge is 0.303 e. The van der Waals surface area contributed by atoms with Gasteiger partial charge in [-0.1, -0.05) is 53.5 Å². The Balaban J connectivity index is 2.10. The maximum atomic E-state index is 12.4. The first-order valence-electron chi connectivity index (χ1n) is 8.49. The van der Waals surface area contributed by atoms with Gasteiger partial charge in [0.05, 0.1) is 27.8 Å². The molecular weight excluding hydrogens is 401 g/mol. The fourth-order valence-corrected chi connectivity index (χ4v) is 3.10. The molecule has 1 amide bonds. The number of carbonyl (C=O) groups is 2. The van der Waals surface area contributed by atoms with Gasteiger partial charge in [0.2, 0.25) is 5.91 Å². The van der Waals surface area contributed by atoms with Gasteiger partial charge in [0.15, 0.2) is 0 Å². The minimum absolute atomic E-state index is 0.144. The van der Waals surface area contributed by atoms with Gasteiger partial charge >= 0.3 is 5.97 Å². The van der Waals surface area contributed by atoms with E-state index < -0.39 is 11.9 Å². The molecule has 0 saturated carbocycles. The molecule has 1 aromatic heterocycles. The molecule has 0 atom stereocenters. The van der Waals surface area contributed by atoms with E-state index in [-0.39, 0.29) is 12.8 Å². The zero-order valence-corrected chi connectivity index (χ0v) is 16.5. The third-order valence-corrected chi connectivity index (χ3v) is 4.83. The van der Waals surface area contributed by atoms with E-state index in [9.17, 15) is 9.59 Å². The zero-order chi connectivity index (χ0) is 20.3. The molecular formula is C20H17Cl2N3O3. The number of rotatable bonds is 6. The highest BCUT2D eigenvalue weighted by molar-refractivity contribution is 6.42. The molecule has 3 aromatic rings. The number of nitrogens with zero attached hydrogens (tertiary/aromatic N) is 2. The lowest BCUT2D eigenvalue weighted by molar-refractivity contribution is -0.138. The van der Waals surface area contributed by atoms with Gasteiger partial charge in [-0.3, -0.25) is 9.59 Å². The Kier molecular flexibility index (Phi) is 6.02. The second-order valence-electron chi connectivity index (χ2n) is 6.13. The van der Waals surface area contributed by atoms with Crippen LogP contribution in [0.15, 0.2) is 48.5 Å². The van der Waals surface area contributed by atoms with Crippen molar-refractivity contribution in [3.63, 3.8) is 0 Å². The molecule has 2 N–H and O–H groups in total. The summed E-state index contributed by atoms with van der Waals surface area (Å²) < 4.78 is 1.57. The van der Waals surface area contributed by atoms with Crippen molar-refractivity contribution in [2.24, 2.45) is 0 Å². The van der Waals surface area contributed by atoms with Gasteiger partial charge in [0.25, 0.3) is 0 Å². The van der Waals surface area contributed by atoms with Gasteiger partial charge in [0, 0.05) is 12.0 Å². The lowest BCUT2D eigenvalue weighted by Crippen LogP contribution is -2.16. The van der Waals surface area contributed by atoms with Crippen LogP contribution in [0.2, 0.25) is 10.0 Å². The molecule has 0 unspecified atom stereocenters. The molecule has 144 valence electrons. The molecule has 3 rings (SSSR count). The number of carboxylic acid groups (broad SMARTS) is 1. The SMILES string of the molecule is Cc1nn(-c2ccc(Cl)c(Cl)c2)c(NC(=O)CCC(=O)O)c1-c1ccccc1. The first kappa shape index (κ1) is 19.9. The van der Waals surface area contributed by atoms with Crippen LogP contribution in [-0.2, 0) is 9.59 Å². The van der Waals surface area contributed by atoms with Gasteiger partial charge in [-0.2, -0.15) is 5.10 Å². The molecule has 0 radical (unpaired) electrons. The number of hydrogen-bond acceptors (Lipinski definition) is 3. The normalized spacial score (nSPS) is 10.7. The summed E-state index contributed by atoms with van der Waals surface area (Å²) in [6.45, 7) is 1.84. The van der Waals surface area contributed by atoms with Crippen LogP contribution in [0.1, 0.15) is 18.5 Å².